The predicted octanol–water partition coefficient (Wildman–Crippen LogP) is 6.33. The van der Waals surface area contributed by atoms with E-state index in [2.05, 4.69) is 10.6 Å². The van der Waals surface area contributed by atoms with Crippen LogP contribution < -0.4 is 10.6 Å². The minimum atomic E-state index is -0.516. The highest BCUT2D eigenvalue weighted by molar-refractivity contribution is 7.12. The summed E-state index contributed by atoms with van der Waals surface area (Å²) in [6.45, 7) is 0. The Morgan fingerprint density at radius 2 is 1.70 bits per heavy atom. The number of anilines is 2. The van der Waals surface area contributed by atoms with Crippen LogP contribution in [0.15, 0.2) is 60.0 Å². The minimum Gasteiger partial charge on any atom is -0.323 e. The number of halogens is 1. The Morgan fingerprint density at radius 1 is 0.933 bits per heavy atom. The zero-order valence-corrected chi connectivity index (χ0v) is 17.3. The molecule has 0 bridgehead atoms. The molecule has 1 heterocycles. The van der Waals surface area contributed by atoms with Gasteiger partial charge in [0, 0.05) is 17.2 Å². The largest absolute Gasteiger partial charge is 0.323 e. The highest BCUT2D eigenvalue weighted by Gasteiger charge is 2.22. The molecule has 6 heteroatoms. The molecule has 1 fully saturated rings. The summed E-state index contributed by atoms with van der Waals surface area (Å²) >= 11 is 1.35. The van der Waals surface area contributed by atoms with Crippen molar-refractivity contribution in [2.24, 2.45) is 5.92 Å². The van der Waals surface area contributed by atoms with Crippen LogP contribution in [-0.4, -0.2) is 11.8 Å². The van der Waals surface area contributed by atoms with Crippen molar-refractivity contribution in [3.05, 3.63) is 70.7 Å². The first-order chi connectivity index (χ1) is 14.6. The monoisotopic (exact) mass is 422 g/mol. The number of benzene rings is 2. The van der Waals surface area contributed by atoms with E-state index in [0.29, 0.717) is 10.6 Å². The highest BCUT2D eigenvalue weighted by Crippen LogP contribution is 2.30. The van der Waals surface area contributed by atoms with Crippen molar-refractivity contribution in [1.82, 2.24) is 0 Å². The van der Waals surface area contributed by atoms with Gasteiger partial charge in [0.05, 0.1) is 10.6 Å². The van der Waals surface area contributed by atoms with Crippen LogP contribution >= 0.6 is 11.3 Å². The average molecular weight is 423 g/mol. The first-order valence-corrected chi connectivity index (χ1v) is 11.0. The van der Waals surface area contributed by atoms with Crippen LogP contribution in [-0.2, 0) is 4.79 Å². The van der Waals surface area contributed by atoms with Crippen LogP contribution in [0.4, 0.5) is 15.8 Å². The molecule has 1 aliphatic carbocycles. The molecule has 2 N–H and O–H groups in total. The first kappa shape index (κ1) is 20.3. The van der Waals surface area contributed by atoms with Crippen LogP contribution in [0.2, 0.25) is 0 Å². The second kappa shape index (κ2) is 9.22. The summed E-state index contributed by atoms with van der Waals surface area (Å²) in [5, 5.41) is 7.40. The summed E-state index contributed by atoms with van der Waals surface area (Å²) in [5.74, 6) is -1.00. The third-order valence-corrected chi connectivity index (χ3v) is 6.33. The summed E-state index contributed by atoms with van der Waals surface area (Å²) in [6.07, 6.45) is 4.88. The quantitative estimate of drug-likeness (QED) is 0.505. The number of thiophene rings is 1. The lowest BCUT2D eigenvalue weighted by atomic mass is 9.88. The Labute approximate surface area is 179 Å². The number of rotatable bonds is 5. The lowest BCUT2D eigenvalue weighted by molar-refractivity contribution is -0.120. The molecule has 1 aromatic heterocycles. The van der Waals surface area contributed by atoms with Crippen LogP contribution in [0.1, 0.15) is 41.8 Å². The highest BCUT2D eigenvalue weighted by atomic mass is 32.1. The molecule has 0 atom stereocenters. The zero-order valence-electron chi connectivity index (χ0n) is 16.5. The van der Waals surface area contributed by atoms with Crippen molar-refractivity contribution in [2.45, 2.75) is 32.1 Å². The van der Waals surface area contributed by atoms with Gasteiger partial charge >= 0.3 is 0 Å². The molecule has 0 aliphatic heterocycles. The van der Waals surface area contributed by atoms with E-state index in [1.807, 2.05) is 41.8 Å². The van der Waals surface area contributed by atoms with E-state index in [0.717, 1.165) is 43.2 Å². The van der Waals surface area contributed by atoms with Gasteiger partial charge in [0.1, 0.15) is 5.82 Å². The van der Waals surface area contributed by atoms with Gasteiger partial charge in [-0.3, -0.25) is 9.59 Å². The van der Waals surface area contributed by atoms with Gasteiger partial charge < -0.3 is 10.6 Å². The van der Waals surface area contributed by atoms with Crippen LogP contribution in [0.5, 0.6) is 0 Å². The molecule has 0 unspecified atom stereocenters. The molecule has 154 valence electrons. The lowest BCUT2D eigenvalue weighted by Crippen LogP contribution is -2.25. The molecule has 0 radical (unpaired) electrons. The Morgan fingerprint density at radius 3 is 2.47 bits per heavy atom. The molecule has 2 amide bonds. The summed E-state index contributed by atoms with van der Waals surface area (Å²) in [4.78, 5) is 25.9. The molecular weight excluding hydrogens is 399 g/mol. The second-order valence-electron chi connectivity index (χ2n) is 7.50. The van der Waals surface area contributed by atoms with Crippen molar-refractivity contribution in [2.75, 3.05) is 10.6 Å². The van der Waals surface area contributed by atoms with Gasteiger partial charge in [-0.05, 0) is 48.1 Å². The first-order valence-electron chi connectivity index (χ1n) is 10.2. The third-order valence-electron chi connectivity index (χ3n) is 5.41. The maximum Gasteiger partial charge on any atom is 0.266 e. The van der Waals surface area contributed by atoms with Crippen LogP contribution in [0.3, 0.4) is 0 Å². The normalized spacial score (nSPS) is 14.3. The van der Waals surface area contributed by atoms with E-state index in [9.17, 15) is 14.0 Å². The van der Waals surface area contributed by atoms with Gasteiger partial charge in [-0.15, -0.1) is 11.3 Å². The van der Waals surface area contributed by atoms with Gasteiger partial charge in [0.15, 0.2) is 0 Å². The number of hydrogen-bond acceptors (Lipinski definition) is 3. The SMILES string of the molecule is O=C(Nc1ccc(F)c(NC(=O)C2CCCCC2)c1)c1sccc1-c1ccccc1. The standard InChI is InChI=1S/C24H23FN2O2S/c25-20-12-11-18(15-21(20)27-23(28)17-9-5-2-6-10-17)26-24(29)22-19(13-14-30-22)16-7-3-1-4-8-16/h1,3-4,7-8,11-15,17H,2,5-6,9-10H2,(H,26,29)(H,27,28). The number of carbonyl (C=O) groups is 2. The molecule has 0 saturated heterocycles. The van der Waals surface area contributed by atoms with Crippen LogP contribution in [0, 0.1) is 11.7 Å². The van der Waals surface area contributed by atoms with Crippen LogP contribution in [0.25, 0.3) is 11.1 Å². The summed E-state index contributed by atoms with van der Waals surface area (Å²) in [6, 6.07) is 15.8. The van der Waals surface area contributed by atoms with E-state index in [1.165, 1.54) is 29.5 Å². The van der Waals surface area contributed by atoms with E-state index in [-0.39, 0.29) is 23.4 Å². The fraction of sp³-hybridized carbons (Fsp3) is 0.250. The molecular formula is C24H23FN2O2S. The summed E-state index contributed by atoms with van der Waals surface area (Å²) in [5.41, 5.74) is 2.35. The van der Waals surface area contributed by atoms with Gasteiger partial charge in [0.25, 0.3) is 5.91 Å². The lowest BCUT2D eigenvalue weighted by Gasteiger charge is -2.21. The van der Waals surface area contributed by atoms with E-state index >= 15 is 0 Å². The number of carbonyl (C=O) groups excluding carboxylic acids is 2. The summed E-state index contributed by atoms with van der Waals surface area (Å²) in [7, 11) is 0. The molecule has 0 spiro atoms. The van der Waals surface area contributed by atoms with E-state index in [1.54, 1.807) is 0 Å². The van der Waals surface area contributed by atoms with Gasteiger partial charge in [-0.25, -0.2) is 4.39 Å². The molecule has 1 saturated carbocycles. The van der Waals surface area contributed by atoms with Gasteiger partial charge in [-0.1, -0.05) is 49.6 Å². The molecule has 1 aliphatic rings. The average Bonchev–Trinajstić information content (AvgIpc) is 3.27. The number of nitrogens with one attached hydrogen (secondary N) is 2. The van der Waals surface area contributed by atoms with E-state index in [4.69, 9.17) is 0 Å². The number of hydrogen-bond donors (Lipinski definition) is 2. The van der Waals surface area contributed by atoms with Crippen molar-refractivity contribution in [1.29, 1.82) is 0 Å². The number of amides is 2. The van der Waals surface area contributed by atoms with Crippen molar-refractivity contribution >= 4 is 34.5 Å². The van der Waals surface area contributed by atoms with Crippen molar-refractivity contribution in [3.63, 3.8) is 0 Å². The van der Waals surface area contributed by atoms with Crippen molar-refractivity contribution in [3.8, 4) is 11.1 Å². The molecule has 2 aromatic carbocycles. The molecule has 30 heavy (non-hydrogen) atoms. The Balaban J connectivity index is 1.49. The Bertz CT molecular complexity index is 1040. The maximum absolute atomic E-state index is 14.3. The predicted molar refractivity (Wildman–Crippen MR) is 119 cm³/mol. The fourth-order valence-electron chi connectivity index (χ4n) is 3.82. The fourth-order valence-corrected chi connectivity index (χ4v) is 4.63. The zero-order chi connectivity index (χ0) is 20.9. The Hall–Kier alpha value is -2.99. The Kier molecular flexibility index (Phi) is 6.23. The van der Waals surface area contributed by atoms with Crippen molar-refractivity contribution < 1.29 is 14.0 Å². The molecule has 4 nitrogen and oxygen atoms in total. The second-order valence-corrected chi connectivity index (χ2v) is 8.42. The molecule has 3 aromatic rings. The molecule has 4 rings (SSSR count). The van der Waals surface area contributed by atoms with Gasteiger partial charge in [0.2, 0.25) is 5.91 Å². The maximum atomic E-state index is 14.3. The smallest absolute Gasteiger partial charge is 0.266 e. The third kappa shape index (κ3) is 4.60. The summed E-state index contributed by atoms with van der Waals surface area (Å²) < 4.78 is 14.3. The van der Waals surface area contributed by atoms with E-state index < -0.39 is 5.82 Å². The van der Waals surface area contributed by atoms with Gasteiger partial charge in [-0.2, -0.15) is 0 Å². The minimum absolute atomic E-state index is 0.0732. The topological polar surface area (TPSA) is 58.2 Å².